The topological polar surface area (TPSA) is 82.2 Å². The number of benzene rings is 1. The number of fused-ring (bicyclic) bond motifs is 1. The first-order valence-corrected chi connectivity index (χ1v) is 7.33. The zero-order chi connectivity index (χ0) is 15.7. The number of hydrogen-bond acceptors (Lipinski definition) is 3. The van der Waals surface area contributed by atoms with E-state index in [2.05, 4.69) is 10.3 Å². The summed E-state index contributed by atoms with van der Waals surface area (Å²) in [5.74, 6) is -0.814. The third-order valence-corrected chi connectivity index (χ3v) is 4.19. The number of hydrogen-bond donors (Lipinski definition) is 3. The molecule has 1 amide bonds. The van der Waals surface area contributed by atoms with Crippen LogP contribution in [0.5, 0.6) is 0 Å². The Morgan fingerprint density at radius 2 is 2.18 bits per heavy atom. The third kappa shape index (κ3) is 2.87. The van der Waals surface area contributed by atoms with Crippen molar-refractivity contribution < 1.29 is 14.3 Å². The SMILES string of the molecule is O=C(NCC1CCCC1O)c1cc(=O)[nH]c2cc(F)ccc12. The summed E-state index contributed by atoms with van der Waals surface area (Å²) in [5, 5.41) is 13.0. The van der Waals surface area contributed by atoms with Crippen LogP contribution in [0.3, 0.4) is 0 Å². The van der Waals surface area contributed by atoms with Crippen LogP contribution < -0.4 is 10.9 Å². The van der Waals surface area contributed by atoms with Crippen molar-refractivity contribution in [3.8, 4) is 0 Å². The fourth-order valence-corrected chi connectivity index (χ4v) is 2.99. The second-order valence-corrected chi connectivity index (χ2v) is 5.71. The molecular formula is C16H17FN2O3. The average Bonchev–Trinajstić information content (AvgIpc) is 2.88. The Kier molecular flexibility index (Phi) is 3.94. The Morgan fingerprint density at radius 1 is 1.36 bits per heavy atom. The van der Waals surface area contributed by atoms with E-state index in [1.165, 1.54) is 24.3 Å². The van der Waals surface area contributed by atoms with Gasteiger partial charge in [0.1, 0.15) is 5.82 Å². The Balaban J connectivity index is 1.85. The van der Waals surface area contributed by atoms with Gasteiger partial charge in [0, 0.05) is 23.9 Å². The Bertz CT molecular complexity index is 772. The lowest BCUT2D eigenvalue weighted by Crippen LogP contribution is -2.33. The molecule has 2 aromatic rings. The second kappa shape index (κ2) is 5.88. The van der Waals surface area contributed by atoms with Crippen molar-refractivity contribution in [2.45, 2.75) is 25.4 Å². The molecule has 0 aliphatic heterocycles. The highest BCUT2D eigenvalue weighted by molar-refractivity contribution is 6.05. The number of halogens is 1. The van der Waals surface area contributed by atoms with Crippen LogP contribution in [0.25, 0.3) is 10.9 Å². The van der Waals surface area contributed by atoms with Gasteiger partial charge in [0.05, 0.1) is 17.2 Å². The van der Waals surface area contributed by atoms with Gasteiger partial charge in [0.25, 0.3) is 5.91 Å². The number of rotatable bonds is 3. The maximum absolute atomic E-state index is 13.2. The molecule has 1 saturated carbocycles. The number of aromatic nitrogens is 1. The van der Waals surface area contributed by atoms with Crippen LogP contribution in [0, 0.1) is 11.7 Å². The summed E-state index contributed by atoms with van der Waals surface area (Å²) in [6, 6.07) is 5.12. The van der Waals surface area contributed by atoms with E-state index in [1.807, 2.05) is 0 Å². The largest absolute Gasteiger partial charge is 0.393 e. The number of amides is 1. The fourth-order valence-electron chi connectivity index (χ4n) is 2.99. The summed E-state index contributed by atoms with van der Waals surface area (Å²) in [6.07, 6.45) is 2.20. The lowest BCUT2D eigenvalue weighted by Gasteiger charge is -2.15. The minimum atomic E-state index is -0.477. The van der Waals surface area contributed by atoms with Gasteiger partial charge in [-0.25, -0.2) is 4.39 Å². The first-order chi connectivity index (χ1) is 10.5. The number of aliphatic hydroxyl groups excluding tert-OH is 1. The second-order valence-electron chi connectivity index (χ2n) is 5.71. The first-order valence-electron chi connectivity index (χ1n) is 7.33. The van der Waals surface area contributed by atoms with Crippen LogP contribution in [0.15, 0.2) is 29.1 Å². The van der Waals surface area contributed by atoms with Crippen molar-refractivity contribution in [3.05, 3.63) is 46.0 Å². The van der Waals surface area contributed by atoms with Gasteiger partial charge in [-0.1, -0.05) is 6.42 Å². The van der Waals surface area contributed by atoms with Crippen molar-refractivity contribution in [2.75, 3.05) is 6.54 Å². The molecule has 1 heterocycles. The molecule has 22 heavy (non-hydrogen) atoms. The molecule has 0 saturated heterocycles. The van der Waals surface area contributed by atoms with E-state index in [9.17, 15) is 19.1 Å². The maximum Gasteiger partial charge on any atom is 0.252 e. The summed E-state index contributed by atoms with van der Waals surface area (Å²) in [4.78, 5) is 26.5. The lowest BCUT2D eigenvalue weighted by molar-refractivity contribution is 0.0918. The molecule has 3 rings (SSSR count). The molecule has 2 atom stereocenters. The number of nitrogens with one attached hydrogen (secondary N) is 2. The zero-order valence-corrected chi connectivity index (χ0v) is 11.9. The Morgan fingerprint density at radius 3 is 2.91 bits per heavy atom. The zero-order valence-electron chi connectivity index (χ0n) is 11.9. The summed E-state index contributed by atoms with van der Waals surface area (Å²) in [7, 11) is 0. The molecule has 2 unspecified atom stereocenters. The van der Waals surface area contributed by atoms with Gasteiger partial charge < -0.3 is 15.4 Å². The summed E-state index contributed by atoms with van der Waals surface area (Å²) < 4.78 is 13.2. The van der Waals surface area contributed by atoms with Crippen LogP contribution >= 0.6 is 0 Å². The quantitative estimate of drug-likeness (QED) is 0.805. The lowest BCUT2D eigenvalue weighted by atomic mass is 10.1. The molecule has 0 bridgehead atoms. The van der Waals surface area contributed by atoms with Crippen LogP contribution in [0.4, 0.5) is 4.39 Å². The molecule has 1 aromatic heterocycles. The van der Waals surface area contributed by atoms with Gasteiger partial charge in [0.15, 0.2) is 0 Å². The number of carbonyl (C=O) groups is 1. The summed E-state index contributed by atoms with van der Waals surface area (Å²) in [6.45, 7) is 0.371. The molecule has 1 aromatic carbocycles. The minimum Gasteiger partial charge on any atom is -0.393 e. The standard InChI is InChI=1S/C16H17FN2O3/c17-10-4-5-11-12(7-15(21)19-13(11)6-10)16(22)18-8-9-2-1-3-14(9)20/h4-7,9,14,20H,1-3,8H2,(H,18,22)(H,19,21). The molecular weight excluding hydrogens is 287 g/mol. The van der Waals surface area contributed by atoms with Crippen molar-refractivity contribution in [3.63, 3.8) is 0 Å². The number of carbonyl (C=O) groups excluding carboxylic acids is 1. The van der Waals surface area contributed by atoms with E-state index in [1.54, 1.807) is 0 Å². The van der Waals surface area contributed by atoms with Gasteiger partial charge >= 0.3 is 0 Å². The third-order valence-electron chi connectivity index (χ3n) is 4.19. The highest BCUT2D eigenvalue weighted by Gasteiger charge is 2.25. The van der Waals surface area contributed by atoms with Gasteiger partial charge in [-0.3, -0.25) is 9.59 Å². The van der Waals surface area contributed by atoms with Crippen molar-refractivity contribution >= 4 is 16.8 Å². The number of aromatic amines is 1. The number of aliphatic hydroxyl groups is 1. The van der Waals surface area contributed by atoms with Gasteiger partial charge in [0.2, 0.25) is 5.56 Å². The molecule has 1 aliphatic carbocycles. The molecule has 6 heteroatoms. The van der Waals surface area contributed by atoms with Gasteiger partial charge in [-0.05, 0) is 31.0 Å². The van der Waals surface area contributed by atoms with Gasteiger partial charge in [-0.2, -0.15) is 0 Å². The van der Waals surface area contributed by atoms with E-state index in [4.69, 9.17) is 0 Å². The molecule has 116 valence electrons. The van der Waals surface area contributed by atoms with E-state index in [0.717, 1.165) is 19.3 Å². The first kappa shape index (κ1) is 14.7. The Hall–Kier alpha value is -2.21. The van der Waals surface area contributed by atoms with E-state index < -0.39 is 11.4 Å². The number of H-pyrrole nitrogens is 1. The van der Waals surface area contributed by atoms with Crippen molar-refractivity contribution in [2.24, 2.45) is 5.92 Å². The molecule has 3 N–H and O–H groups in total. The summed E-state index contributed by atoms with van der Waals surface area (Å²) in [5.41, 5.74) is 0.0499. The molecule has 0 radical (unpaired) electrons. The molecule has 5 nitrogen and oxygen atoms in total. The molecule has 0 spiro atoms. The van der Waals surface area contributed by atoms with E-state index in [0.29, 0.717) is 17.4 Å². The average molecular weight is 304 g/mol. The highest BCUT2D eigenvalue weighted by atomic mass is 19.1. The molecule has 1 fully saturated rings. The van der Waals surface area contributed by atoms with Crippen LogP contribution in [-0.4, -0.2) is 28.6 Å². The predicted octanol–water partition coefficient (Wildman–Crippen LogP) is 1.56. The maximum atomic E-state index is 13.2. The minimum absolute atomic E-state index is 0.0506. The van der Waals surface area contributed by atoms with Crippen LogP contribution in [0.1, 0.15) is 29.6 Å². The van der Waals surface area contributed by atoms with E-state index >= 15 is 0 Å². The van der Waals surface area contributed by atoms with Gasteiger partial charge in [-0.15, -0.1) is 0 Å². The van der Waals surface area contributed by atoms with E-state index in [-0.39, 0.29) is 23.5 Å². The van der Waals surface area contributed by atoms with Crippen LogP contribution in [-0.2, 0) is 0 Å². The monoisotopic (exact) mass is 304 g/mol. The predicted molar refractivity (Wildman–Crippen MR) is 80.2 cm³/mol. The van der Waals surface area contributed by atoms with Crippen LogP contribution in [0.2, 0.25) is 0 Å². The van der Waals surface area contributed by atoms with Crippen molar-refractivity contribution in [1.29, 1.82) is 0 Å². The smallest absolute Gasteiger partial charge is 0.252 e. The normalized spacial score (nSPS) is 21.2. The summed E-state index contributed by atoms with van der Waals surface area (Å²) >= 11 is 0. The highest BCUT2D eigenvalue weighted by Crippen LogP contribution is 2.25. The fraction of sp³-hybridized carbons (Fsp3) is 0.375. The van der Waals surface area contributed by atoms with Crippen molar-refractivity contribution in [1.82, 2.24) is 10.3 Å². The number of pyridine rings is 1. The molecule has 1 aliphatic rings. The Labute approximate surface area is 126 Å².